The Morgan fingerprint density at radius 2 is 1.81 bits per heavy atom. The molecular weight excluding hydrogens is 550 g/mol. The van der Waals surface area contributed by atoms with Crippen LogP contribution in [-0.4, -0.2) is 35.9 Å². The number of carbonyl (C=O) groups excluding carboxylic acids is 2. The number of hydrogen-bond acceptors (Lipinski definition) is 3. The van der Waals surface area contributed by atoms with Crippen molar-refractivity contribution in [3.8, 4) is 5.75 Å². The number of halogens is 3. The zero-order valence-electron chi connectivity index (χ0n) is 17.8. The van der Waals surface area contributed by atoms with Crippen molar-refractivity contribution in [1.29, 1.82) is 0 Å². The number of ether oxygens (including phenoxy) is 1. The van der Waals surface area contributed by atoms with Gasteiger partial charge in [-0.3, -0.25) is 9.59 Å². The van der Waals surface area contributed by atoms with Crippen molar-refractivity contribution in [2.45, 2.75) is 39.8 Å². The van der Waals surface area contributed by atoms with E-state index in [-0.39, 0.29) is 25.0 Å². The lowest BCUT2D eigenvalue weighted by atomic mass is 10.1. The number of benzene rings is 2. The fourth-order valence-corrected chi connectivity index (χ4v) is 3.76. The molecule has 2 amide bonds. The molecule has 0 unspecified atom stereocenters. The van der Waals surface area contributed by atoms with Gasteiger partial charge in [0.2, 0.25) is 5.91 Å². The summed E-state index contributed by atoms with van der Waals surface area (Å²) in [6.07, 6.45) is 0.463. The molecule has 0 saturated carbocycles. The van der Waals surface area contributed by atoms with Crippen molar-refractivity contribution in [2.75, 3.05) is 13.2 Å². The molecule has 0 saturated heterocycles. The van der Waals surface area contributed by atoms with E-state index in [9.17, 15) is 9.59 Å². The number of carbonyl (C=O) groups is 2. The number of hydrogen-bond donors (Lipinski definition) is 1. The fourth-order valence-electron chi connectivity index (χ4n) is 2.93. The molecule has 0 aliphatic heterocycles. The van der Waals surface area contributed by atoms with Gasteiger partial charge < -0.3 is 15.0 Å². The molecule has 0 aliphatic rings. The summed E-state index contributed by atoms with van der Waals surface area (Å²) in [5, 5.41) is 3.88. The third kappa shape index (κ3) is 8.16. The molecule has 168 valence electrons. The normalized spacial score (nSPS) is 11.8. The summed E-state index contributed by atoms with van der Waals surface area (Å²) in [5.74, 6) is 0.413. The van der Waals surface area contributed by atoms with Crippen LogP contribution in [0.4, 0.5) is 0 Å². The molecule has 2 aromatic rings. The molecular formula is C23H27Cl2IN2O3. The zero-order valence-corrected chi connectivity index (χ0v) is 21.5. The first-order valence-corrected chi connectivity index (χ1v) is 11.9. The van der Waals surface area contributed by atoms with Gasteiger partial charge in [0.15, 0.2) is 6.61 Å². The van der Waals surface area contributed by atoms with Gasteiger partial charge >= 0.3 is 0 Å². The summed E-state index contributed by atoms with van der Waals surface area (Å²) in [5.41, 5.74) is 0.712. The van der Waals surface area contributed by atoms with Crippen LogP contribution in [0.1, 0.15) is 32.8 Å². The summed E-state index contributed by atoms with van der Waals surface area (Å²) in [6.45, 7) is 6.46. The summed E-state index contributed by atoms with van der Waals surface area (Å²) >= 11 is 14.6. The first kappa shape index (κ1) is 25.7. The van der Waals surface area contributed by atoms with Crippen molar-refractivity contribution in [3.05, 3.63) is 61.6 Å². The lowest BCUT2D eigenvalue weighted by molar-refractivity contribution is -0.143. The van der Waals surface area contributed by atoms with Crippen molar-refractivity contribution < 1.29 is 14.3 Å². The topological polar surface area (TPSA) is 58.6 Å². The summed E-state index contributed by atoms with van der Waals surface area (Å²) in [7, 11) is 0. The Kier molecular flexibility index (Phi) is 10.4. The zero-order chi connectivity index (χ0) is 23.0. The molecule has 2 rings (SSSR count). The molecule has 5 nitrogen and oxygen atoms in total. The second-order valence-corrected chi connectivity index (χ2v) is 9.65. The van der Waals surface area contributed by atoms with Gasteiger partial charge in [0.25, 0.3) is 5.91 Å². The van der Waals surface area contributed by atoms with E-state index in [1.807, 2.05) is 45.0 Å². The second-order valence-electron chi connectivity index (χ2n) is 7.56. The van der Waals surface area contributed by atoms with Gasteiger partial charge in [0.05, 0.1) is 0 Å². The fraction of sp³-hybridized carbons (Fsp3) is 0.391. The van der Waals surface area contributed by atoms with Crippen LogP contribution >= 0.6 is 45.8 Å². The number of rotatable bonds is 10. The molecule has 31 heavy (non-hydrogen) atoms. The molecule has 0 aromatic heterocycles. The average molecular weight is 577 g/mol. The van der Waals surface area contributed by atoms with Crippen LogP contribution in [0, 0.1) is 9.49 Å². The minimum Gasteiger partial charge on any atom is -0.484 e. The Labute approximate surface area is 207 Å². The predicted molar refractivity (Wildman–Crippen MR) is 134 cm³/mol. The highest BCUT2D eigenvalue weighted by Crippen LogP contribution is 2.24. The van der Waals surface area contributed by atoms with Crippen LogP contribution in [0.15, 0.2) is 42.5 Å². The van der Waals surface area contributed by atoms with Crippen LogP contribution in [0.25, 0.3) is 0 Å². The maximum absolute atomic E-state index is 13.2. The minimum absolute atomic E-state index is 0.179. The third-order valence-corrected chi connectivity index (χ3v) is 5.91. The van der Waals surface area contributed by atoms with E-state index in [1.54, 1.807) is 18.2 Å². The van der Waals surface area contributed by atoms with Crippen molar-refractivity contribution in [3.63, 3.8) is 0 Å². The Hall–Kier alpha value is -1.51. The van der Waals surface area contributed by atoms with Gasteiger partial charge in [0.1, 0.15) is 11.8 Å². The van der Waals surface area contributed by atoms with Crippen molar-refractivity contribution >= 4 is 57.6 Å². The van der Waals surface area contributed by atoms with Gasteiger partial charge in [-0.25, -0.2) is 0 Å². The summed E-state index contributed by atoms with van der Waals surface area (Å²) in [6, 6.07) is 11.9. The van der Waals surface area contributed by atoms with Gasteiger partial charge in [-0.05, 0) is 76.9 Å². The van der Waals surface area contributed by atoms with Crippen LogP contribution < -0.4 is 10.1 Å². The lowest BCUT2D eigenvalue weighted by Crippen LogP contribution is -2.50. The van der Waals surface area contributed by atoms with E-state index < -0.39 is 6.04 Å². The Bertz CT molecular complexity index is 891. The van der Waals surface area contributed by atoms with E-state index in [1.165, 1.54) is 4.90 Å². The molecule has 0 radical (unpaired) electrons. The third-order valence-electron chi connectivity index (χ3n) is 4.60. The Morgan fingerprint density at radius 1 is 1.13 bits per heavy atom. The largest absolute Gasteiger partial charge is 0.484 e. The average Bonchev–Trinajstić information content (AvgIpc) is 2.73. The van der Waals surface area contributed by atoms with Crippen molar-refractivity contribution in [2.24, 2.45) is 5.92 Å². The molecule has 2 aromatic carbocycles. The molecule has 0 bridgehead atoms. The van der Waals surface area contributed by atoms with E-state index in [4.69, 9.17) is 27.9 Å². The van der Waals surface area contributed by atoms with Gasteiger partial charge in [-0.1, -0.05) is 50.0 Å². The molecule has 0 aliphatic carbocycles. The molecule has 0 spiro atoms. The van der Waals surface area contributed by atoms with Crippen LogP contribution in [0.5, 0.6) is 5.75 Å². The van der Waals surface area contributed by atoms with Gasteiger partial charge in [-0.15, -0.1) is 0 Å². The number of nitrogens with zero attached hydrogens (tertiary/aromatic N) is 1. The maximum Gasteiger partial charge on any atom is 0.261 e. The van der Waals surface area contributed by atoms with Crippen molar-refractivity contribution in [1.82, 2.24) is 10.2 Å². The quantitative estimate of drug-likeness (QED) is 0.377. The molecule has 0 fully saturated rings. The number of nitrogens with one attached hydrogen (secondary N) is 1. The van der Waals surface area contributed by atoms with Gasteiger partial charge in [-0.2, -0.15) is 0 Å². The second kappa shape index (κ2) is 12.5. The SMILES string of the molecule is CC[C@@H](C(=O)NCC(C)C)N(Cc1ccc(Cl)cc1Cl)C(=O)COc1ccc(I)cc1. The maximum atomic E-state index is 13.2. The predicted octanol–water partition coefficient (Wildman–Crippen LogP) is 5.56. The highest BCUT2D eigenvalue weighted by atomic mass is 127. The monoisotopic (exact) mass is 576 g/mol. The molecule has 0 heterocycles. The van der Waals surface area contributed by atoms with E-state index in [2.05, 4.69) is 27.9 Å². The smallest absolute Gasteiger partial charge is 0.261 e. The highest BCUT2D eigenvalue weighted by Gasteiger charge is 2.29. The first-order valence-electron chi connectivity index (χ1n) is 10.1. The minimum atomic E-state index is -0.640. The van der Waals surface area contributed by atoms with Crippen LogP contribution in [0.2, 0.25) is 10.0 Å². The number of amides is 2. The molecule has 1 N–H and O–H groups in total. The van der Waals surface area contributed by atoms with Crippen LogP contribution in [0.3, 0.4) is 0 Å². The van der Waals surface area contributed by atoms with E-state index in [0.29, 0.717) is 40.2 Å². The van der Waals surface area contributed by atoms with Gasteiger partial charge in [0, 0.05) is 26.7 Å². The van der Waals surface area contributed by atoms with Crippen LogP contribution in [-0.2, 0) is 16.1 Å². The Balaban J connectivity index is 2.22. The highest BCUT2D eigenvalue weighted by molar-refractivity contribution is 14.1. The molecule has 1 atom stereocenters. The summed E-state index contributed by atoms with van der Waals surface area (Å²) in [4.78, 5) is 27.5. The Morgan fingerprint density at radius 3 is 2.39 bits per heavy atom. The lowest BCUT2D eigenvalue weighted by Gasteiger charge is -2.31. The first-order chi connectivity index (χ1) is 14.7. The summed E-state index contributed by atoms with van der Waals surface area (Å²) < 4.78 is 6.76. The van der Waals surface area contributed by atoms with E-state index in [0.717, 1.165) is 3.57 Å². The van der Waals surface area contributed by atoms with E-state index >= 15 is 0 Å². The molecule has 8 heteroatoms. The standard InChI is InChI=1S/C23H27Cl2IN2O3/c1-4-21(23(30)27-12-15(2)3)28(13-16-5-6-17(24)11-20(16)25)22(29)14-31-19-9-7-18(26)8-10-19/h5-11,15,21H,4,12-14H2,1-3H3,(H,27,30)/t21-/m0/s1.